The maximum Gasteiger partial charge on any atom is 0.241 e. The highest BCUT2D eigenvalue weighted by molar-refractivity contribution is 5.84. The van der Waals surface area contributed by atoms with Crippen LogP contribution in [0.2, 0.25) is 0 Å². The van der Waals surface area contributed by atoms with Gasteiger partial charge in [-0.25, -0.2) is 4.39 Å². The molecule has 0 saturated heterocycles. The van der Waals surface area contributed by atoms with Crippen LogP contribution in [0.15, 0.2) is 18.2 Å². The van der Waals surface area contributed by atoms with E-state index in [0.717, 1.165) is 0 Å². The van der Waals surface area contributed by atoms with Gasteiger partial charge < -0.3 is 10.6 Å². The zero-order valence-corrected chi connectivity index (χ0v) is 9.04. The monoisotopic (exact) mass is 221 g/mol. The molecule has 0 aliphatic rings. The highest BCUT2D eigenvalue weighted by Crippen LogP contribution is 2.18. The van der Waals surface area contributed by atoms with Gasteiger partial charge >= 0.3 is 0 Å². The van der Waals surface area contributed by atoms with E-state index >= 15 is 0 Å². The number of nitrogens with one attached hydrogen (secondary N) is 2. The predicted octanol–water partition coefficient (Wildman–Crippen LogP) is 1.24. The summed E-state index contributed by atoms with van der Waals surface area (Å²) in [5.41, 5.74) is 0.233. The molecule has 84 valence electrons. The average Bonchev–Trinajstić information content (AvgIpc) is 2.28. The Labute approximate surface area is 93.1 Å². The Balaban J connectivity index is 2.94. The third-order valence-corrected chi connectivity index (χ3v) is 2.14. The van der Waals surface area contributed by atoms with E-state index in [1.807, 2.05) is 0 Å². The maximum absolute atomic E-state index is 13.2. The molecule has 0 radical (unpaired) electrons. The molecule has 2 N–H and O–H groups in total. The highest BCUT2D eigenvalue weighted by Gasteiger charge is 2.14. The molecule has 1 unspecified atom stereocenters. The zero-order valence-electron chi connectivity index (χ0n) is 9.04. The van der Waals surface area contributed by atoms with E-state index in [0.29, 0.717) is 5.69 Å². The summed E-state index contributed by atoms with van der Waals surface area (Å²) >= 11 is 0. The SMILES string of the molecule is CNC(=O)C(C)Nc1cccc(F)c1C#N. The zero-order chi connectivity index (χ0) is 12.1. The molecule has 0 aliphatic heterocycles. The lowest BCUT2D eigenvalue weighted by molar-refractivity contribution is -0.121. The molecule has 16 heavy (non-hydrogen) atoms. The molecule has 5 heteroatoms. The van der Waals surface area contributed by atoms with Crippen LogP contribution in [0.5, 0.6) is 0 Å². The first-order chi connectivity index (χ1) is 7.60. The van der Waals surface area contributed by atoms with E-state index in [1.54, 1.807) is 19.1 Å². The minimum atomic E-state index is -0.600. The summed E-state index contributed by atoms with van der Waals surface area (Å²) < 4.78 is 13.2. The minimum absolute atomic E-state index is 0.0850. The van der Waals surface area contributed by atoms with E-state index in [1.165, 1.54) is 19.2 Å². The molecule has 4 nitrogen and oxygen atoms in total. The van der Waals surface area contributed by atoms with Gasteiger partial charge in [0.25, 0.3) is 0 Å². The number of benzene rings is 1. The Kier molecular flexibility index (Phi) is 3.84. The fourth-order valence-corrected chi connectivity index (χ4v) is 1.27. The van der Waals surface area contributed by atoms with Gasteiger partial charge in [-0.1, -0.05) is 6.07 Å². The van der Waals surface area contributed by atoms with Gasteiger partial charge in [-0.15, -0.1) is 0 Å². The summed E-state index contributed by atoms with van der Waals surface area (Å²) in [6.07, 6.45) is 0. The lowest BCUT2D eigenvalue weighted by Crippen LogP contribution is -2.35. The topological polar surface area (TPSA) is 64.9 Å². The van der Waals surface area contributed by atoms with Crippen LogP contribution in [0.25, 0.3) is 0 Å². The summed E-state index contributed by atoms with van der Waals surface area (Å²) in [6.45, 7) is 1.63. The minimum Gasteiger partial charge on any atom is -0.373 e. The van der Waals surface area contributed by atoms with Crippen LogP contribution in [-0.2, 0) is 4.79 Å². The first-order valence-electron chi connectivity index (χ1n) is 4.77. The molecule has 1 atom stereocenters. The van der Waals surface area contributed by atoms with Gasteiger partial charge in [-0.3, -0.25) is 4.79 Å². The third kappa shape index (κ3) is 2.48. The third-order valence-electron chi connectivity index (χ3n) is 2.14. The second-order valence-electron chi connectivity index (χ2n) is 3.25. The number of hydrogen-bond donors (Lipinski definition) is 2. The Morgan fingerprint density at radius 2 is 2.25 bits per heavy atom. The molecule has 0 aromatic heterocycles. The molecule has 0 saturated carbocycles. The number of nitrogens with zero attached hydrogens (tertiary/aromatic N) is 1. The highest BCUT2D eigenvalue weighted by atomic mass is 19.1. The van der Waals surface area contributed by atoms with Crippen molar-refractivity contribution in [2.75, 3.05) is 12.4 Å². The lowest BCUT2D eigenvalue weighted by atomic mass is 10.1. The second-order valence-corrected chi connectivity index (χ2v) is 3.25. The number of amides is 1. The van der Waals surface area contributed by atoms with Crippen molar-refractivity contribution in [2.24, 2.45) is 0 Å². The Hall–Kier alpha value is -2.09. The fourth-order valence-electron chi connectivity index (χ4n) is 1.27. The van der Waals surface area contributed by atoms with Crippen molar-refractivity contribution in [1.82, 2.24) is 5.32 Å². The smallest absolute Gasteiger partial charge is 0.241 e. The van der Waals surface area contributed by atoms with E-state index in [4.69, 9.17) is 5.26 Å². The van der Waals surface area contributed by atoms with Gasteiger partial charge in [-0.05, 0) is 19.1 Å². The summed E-state index contributed by atoms with van der Waals surface area (Å²) in [5.74, 6) is -0.829. The fraction of sp³-hybridized carbons (Fsp3) is 0.273. The summed E-state index contributed by atoms with van der Waals surface area (Å²) in [6, 6.07) is 5.47. The quantitative estimate of drug-likeness (QED) is 0.807. The van der Waals surface area contributed by atoms with Gasteiger partial charge in [0.2, 0.25) is 5.91 Å². The van der Waals surface area contributed by atoms with Gasteiger partial charge in [0, 0.05) is 7.05 Å². The van der Waals surface area contributed by atoms with Crippen molar-refractivity contribution in [3.05, 3.63) is 29.6 Å². The Morgan fingerprint density at radius 3 is 2.81 bits per heavy atom. The largest absolute Gasteiger partial charge is 0.373 e. The lowest BCUT2D eigenvalue weighted by Gasteiger charge is -2.14. The number of rotatable bonds is 3. The average molecular weight is 221 g/mol. The predicted molar refractivity (Wildman–Crippen MR) is 58.3 cm³/mol. The molecule has 0 heterocycles. The molecule has 1 rings (SSSR count). The van der Waals surface area contributed by atoms with Crippen LogP contribution in [-0.4, -0.2) is 19.0 Å². The number of carbonyl (C=O) groups excluding carboxylic acids is 1. The molecule has 1 aromatic carbocycles. The Bertz CT molecular complexity index is 439. The normalized spacial score (nSPS) is 11.4. The molecule has 0 bridgehead atoms. The van der Waals surface area contributed by atoms with Crippen LogP contribution in [0.4, 0.5) is 10.1 Å². The molecule has 0 aliphatic carbocycles. The van der Waals surface area contributed by atoms with E-state index < -0.39 is 11.9 Å². The number of hydrogen-bond acceptors (Lipinski definition) is 3. The van der Waals surface area contributed by atoms with Crippen molar-refractivity contribution in [3.8, 4) is 6.07 Å². The first kappa shape index (κ1) is 12.0. The number of nitriles is 1. The van der Waals surface area contributed by atoms with Crippen LogP contribution < -0.4 is 10.6 Å². The van der Waals surface area contributed by atoms with Crippen molar-refractivity contribution in [3.63, 3.8) is 0 Å². The van der Waals surface area contributed by atoms with E-state index in [-0.39, 0.29) is 11.5 Å². The van der Waals surface area contributed by atoms with Crippen LogP contribution >= 0.6 is 0 Å². The van der Waals surface area contributed by atoms with Crippen LogP contribution in [0.1, 0.15) is 12.5 Å². The van der Waals surface area contributed by atoms with Crippen molar-refractivity contribution in [1.29, 1.82) is 5.26 Å². The first-order valence-corrected chi connectivity index (χ1v) is 4.77. The number of likely N-dealkylation sites (N-methyl/N-ethyl adjacent to an activating group) is 1. The summed E-state index contributed by atoms with van der Waals surface area (Å²) in [7, 11) is 1.51. The van der Waals surface area contributed by atoms with Crippen molar-refractivity contribution < 1.29 is 9.18 Å². The van der Waals surface area contributed by atoms with Crippen LogP contribution in [0, 0.1) is 17.1 Å². The van der Waals surface area contributed by atoms with Crippen molar-refractivity contribution >= 4 is 11.6 Å². The number of carbonyl (C=O) groups is 1. The Morgan fingerprint density at radius 1 is 1.56 bits per heavy atom. The molecule has 0 spiro atoms. The molecular formula is C11H12FN3O. The standard InChI is InChI=1S/C11H12FN3O/c1-7(11(16)14-2)15-10-5-3-4-9(12)8(10)6-13/h3-5,7,15H,1-2H3,(H,14,16). The van der Waals surface area contributed by atoms with Crippen LogP contribution in [0.3, 0.4) is 0 Å². The maximum atomic E-state index is 13.2. The second kappa shape index (κ2) is 5.12. The summed E-state index contributed by atoms with van der Waals surface area (Å²) in [5, 5.41) is 14.0. The van der Waals surface area contributed by atoms with Gasteiger partial charge in [0.1, 0.15) is 23.5 Å². The number of anilines is 1. The molecular weight excluding hydrogens is 209 g/mol. The number of halogens is 1. The van der Waals surface area contributed by atoms with Gasteiger partial charge in [-0.2, -0.15) is 5.26 Å². The van der Waals surface area contributed by atoms with E-state index in [2.05, 4.69) is 10.6 Å². The summed E-state index contributed by atoms with van der Waals surface area (Å²) in [4.78, 5) is 11.3. The van der Waals surface area contributed by atoms with Gasteiger partial charge in [0.05, 0.1) is 5.69 Å². The van der Waals surface area contributed by atoms with Crippen molar-refractivity contribution in [2.45, 2.75) is 13.0 Å². The molecule has 1 aromatic rings. The van der Waals surface area contributed by atoms with E-state index in [9.17, 15) is 9.18 Å². The molecule has 0 fully saturated rings. The molecule has 1 amide bonds. The van der Waals surface area contributed by atoms with Gasteiger partial charge in [0.15, 0.2) is 0 Å².